The Kier molecular flexibility index (Phi) is 4.47. The van der Waals surface area contributed by atoms with Gasteiger partial charge in [-0.3, -0.25) is 0 Å². The number of aromatic nitrogens is 2. The lowest BCUT2D eigenvalue weighted by Crippen LogP contribution is -2.20. The van der Waals surface area contributed by atoms with Crippen LogP contribution in [0.1, 0.15) is 76.5 Å². The van der Waals surface area contributed by atoms with Crippen molar-refractivity contribution in [1.82, 2.24) is 9.97 Å². The van der Waals surface area contributed by atoms with Crippen LogP contribution in [0.4, 0.5) is 0 Å². The fraction of sp³-hybridized carbons (Fsp3) is 0.812. The number of nitrogens with one attached hydrogen (secondary N) is 1. The van der Waals surface area contributed by atoms with E-state index in [1.807, 2.05) is 0 Å². The molecule has 1 N–H and O–H groups in total. The maximum absolute atomic E-state index is 4.92. The zero-order chi connectivity index (χ0) is 13.1. The smallest absolute Gasteiger partial charge is 0.109 e. The maximum Gasteiger partial charge on any atom is 0.109 e. The van der Waals surface area contributed by atoms with E-state index in [1.54, 1.807) is 0 Å². The van der Waals surface area contributed by atoms with Gasteiger partial charge in [0.15, 0.2) is 0 Å². The lowest BCUT2D eigenvalue weighted by atomic mass is 9.82. The standard InChI is InChI=1S/C16H28N2/c1-5-7-13(8-6-2)16-17-14-9-11(3)12(4)10-15(14)18-16/h11-13H,5-10H2,1-4H3,(H,17,18). The van der Waals surface area contributed by atoms with Crippen LogP contribution in [0.25, 0.3) is 0 Å². The fourth-order valence-electron chi connectivity index (χ4n) is 3.14. The summed E-state index contributed by atoms with van der Waals surface area (Å²) in [7, 11) is 0. The van der Waals surface area contributed by atoms with Crippen molar-refractivity contribution in [2.45, 2.75) is 72.1 Å². The summed E-state index contributed by atoms with van der Waals surface area (Å²) in [6.45, 7) is 9.27. The third-order valence-corrected chi connectivity index (χ3v) is 4.56. The summed E-state index contributed by atoms with van der Waals surface area (Å²) in [5, 5.41) is 0. The predicted octanol–water partition coefficient (Wildman–Crippen LogP) is 4.46. The summed E-state index contributed by atoms with van der Waals surface area (Å²) in [6, 6.07) is 0. The van der Waals surface area contributed by atoms with Crippen LogP contribution in [0.5, 0.6) is 0 Å². The second-order valence-corrected chi connectivity index (χ2v) is 6.18. The van der Waals surface area contributed by atoms with Gasteiger partial charge in [0, 0.05) is 11.6 Å². The van der Waals surface area contributed by atoms with Gasteiger partial charge in [0.25, 0.3) is 0 Å². The van der Waals surface area contributed by atoms with Crippen LogP contribution in [-0.2, 0) is 12.8 Å². The summed E-state index contributed by atoms with van der Waals surface area (Å²) >= 11 is 0. The van der Waals surface area contributed by atoms with Crippen molar-refractivity contribution in [2.75, 3.05) is 0 Å². The zero-order valence-corrected chi connectivity index (χ0v) is 12.4. The van der Waals surface area contributed by atoms with E-state index in [1.165, 1.54) is 49.3 Å². The highest BCUT2D eigenvalue weighted by molar-refractivity contribution is 5.21. The highest BCUT2D eigenvalue weighted by Gasteiger charge is 2.26. The lowest BCUT2D eigenvalue weighted by molar-refractivity contribution is 0.355. The maximum atomic E-state index is 4.92. The Balaban J connectivity index is 2.17. The van der Waals surface area contributed by atoms with Gasteiger partial charge in [-0.1, -0.05) is 40.5 Å². The molecule has 2 atom stereocenters. The van der Waals surface area contributed by atoms with Gasteiger partial charge in [-0.2, -0.15) is 0 Å². The van der Waals surface area contributed by atoms with Gasteiger partial charge in [0.1, 0.15) is 5.82 Å². The van der Waals surface area contributed by atoms with E-state index in [9.17, 15) is 0 Å². The van der Waals surface area contributed by atoms with Crippen molar-refractivity contribution in [3.63, 3.8) is 0 Å². The quantitative estimate of drug-likeness (QED) is 0.818. The van der Waals surface area contributed by atoms with Crippen LogP contribution in [0.2, 0.25) is 0 Å². The molecule has 1 aromatic heterocycles. The Morgan fingerprint density at radius 1 is 1.11 bits per heavy atom. The van der Waals surface area contributed by atoms with Crippen molar-refractivity contribution < 1.29 is 0 Å². The number of H-pyrrole nitrogens is 1. The topological polar surface area (TPSA) is 28.7 Å². The normalized spacial score (nSPS) is 23.4. The molecule has 2 rings (SSSR count). The second-order valence-electron chi connectivity index (χ2n) is 6.18. The minimum Gasteiger partial charge on any atom is -0.345 e. The Bertz CT molecular complexity index is 347. The zero-order valence-electron chi connectivity index (χ0n) is 12.4. The largest absolute Gasteiger partial charge is 0.345 e. The Labute approximate surface area is 112 Å². The van der Waals surface area contributed by atoms with Gasteiger partial charge in [0.05, 0.1) is 5.69 Å². The van der Waals surface area contributed by atoms with Crippen molar-refractivity contribution in [2.24, 2.45) is 11.8 Å². The monoisotopic (exact) mass is 248 g/mol. The van der Waals surface area contributed by atoms with Crippen molar-refractivity contribution >= 4 is 0 Å². The van der Waals surface area contributed by atoms with E-state index in [0.717, 1.165) is 18.3 Å². The molecule has 0 saturated heterocycles. The Morgan fingerprint density at radius 3 is 2.33 bits per heavy atom. The number of aromatic amines is 1. The van der Waals surface area contributed by atoms with Crippen molar-refractivity contribution in [1.29, 1.82) is 0 Å². The van der Waals surface area contributed by atoms with Gasteiger partial charge < -0.3 is 4.98 Å². The van der Waals surface area contributed by atoms with Gasteiger partial charge in [-0.05, 0) is 37.5 Å². The summed E-state index contributed by atoms with van der Waals surface area (Å²) in [5.74, 6) is 3.49. The third kappa shape index (κ3) is 2.78. The van der Waals surface area contributed by atoms with Crippen LogP contribution in [0.3, 0.4) is 0 Å². The van der Waals surface area contributed by atoms with Crippen LogP contribution in [0.15, 0.2) is 0 Å². The van der Waals surface area contributed by atoms with E-state index in [2.05, 4.69) is 32.7 Å². The van der Waals surface area contributed by atoms with E-state index in [0.29, 0.717) is 5.92 Å². The minimum absolute atomic E-state index is 0.649. The molecule has 1 heterocycles. The highest BCUT2D eigenvalue weighted by atomic mass is 14.9. The third-order valence-electron chi connectivity index (χ3n) is 4.56. The molecular weight excluding hydrogens is 220 g/mol. The SMILES string of the molecule is CCCC(CCC)c1nc2c([nH]1)CC(C)C(C)C2. The fourth-order valence-corrected chi connectivity index (χ4v) is 3.14. The molecule has 0 fully saturated rings. The molecule has 0 bridgehead atoms. The highest BCUT2D eigenvalue weighted by Crippen LogP contribution is 2.31. The van der Waals surface area contributed by atoms with E-state index in [4.69, 9.17) is 4.98 Å². The first-order chi connectivity index (χ1) is 8.65. The molecule has 2 nitrogen and oxygen atoms in total. The van der Waals surface area contributed by atoms with Crippen LogP contribution >= 0.6 is 0 Å². The van der Waals surface area contributed by atoms with Crippen LogP contribution in [0, 0.1) is 11.8 Å². The van der Waals surface area contributed by atoms with Gasteiger partial charge in [-0.25, -0.2) is 4.98 Å². The van der Waals surface area contributed by atoms with Gasteiger partial charge in [0.2, 0.25) is 0 Å². The van der Waals surface area contributed by atoms with E-state index >= 15 is 0 Å². The summed E-state index contributed by atoms with van der Waals surface area (Å²) in [5.41, 5.74) is 2.78. The Hall–Kier alpha value is -0.790. The molecule has 18 heavy (non-hydrogen) atoms. The molecule has 2 unspecified atom stereocenters. The molecule has 2 heteroatoms. The molecule has 0 radical (unpaired) electrons. The Morgan fingerprint density at radius 2 is 1.72 bits per heavy atom. The average molecular weight is 248 g/mol. The average Bonchev–Trinajstić information content (AvgIpc) is 2.72. The van der Waals surface area contributed by atoms with E-state index in [-0.39, 0.29) is 0 Å². The number of nitrogens with zero attached hydrogens (tertiary/aromatic N) is 1. The number of hydrogen-bond acceptors (Lipinski definition) is 1. The van der Waals surface area contributed by atoms with Crippen LogP contribution in [-0.4, -0.2) is 9.97 Å². The molecule has 0 saturated carbocycles. The van der Waals surface area contributed by atoms with Crippen molar-refractivity contribution in [3.8, 4) is 0 Å². The van der Waals surface area contributed by atoms with Crippen LogP contribution < -0.4 is 0 Å². The molecule has 0 spiro atoms. The summed E-state index contributed by atoms with van der Waals surface area (Å²) in [6.07, 6.45) is 7.40. The minimum atomic E-state index is 0.649. The van der Waals surface area contributed by atoms with Crippen molar-refractivity contribution in [3.05, 3.63) is 17.2 Å². The summed E-state index contributed by atoms with van der Waals surface area (Å²) < 4.78 is 0. The second kappa shape index (κ2) is 5.90. The molecule has 1 aliphatic rings. The predicted molar refractivity (Wildman–Crippen MR) is 76.9 cm³/mol. The summed E-state index contributed by atoms with van der Waals surface area (Å²) in [4.78, 5) is 8.56. The number of hydrogen-bond donors (Lipinski definition) is 1. The van der Waals surface area contributed by atoms with E-state index < -0.39 is 0 Å². The molecule has 102 valence electrons. The first-order valence-corrected chi connectivity index (χ1v) is 7.73. The number of imidazole rings is 1. The lowest BCUT2D eigenvalue weighted by Gasteiger charge is -2.24. The molecule has 1 aromatic rings. The molecule has 0 aliphatic heterocycles. The van der Waals surface area contributed by atoms with Gasteiger partial charge >= 0.3 is 0 Å². The molecule has 1 aliphatic carbocycles. The molecule has 0 aromatic carbocycles. The molecule has 0 amide bonds. The molecular formula is C16H28N2. The number of rotatable bonds is 5. The first kappa shape index (κ1) is 13.6. The van der Waals surface area contributed by atoms with Gasteiger partial charge in [-0.15, -0.1) is 0 Å². The first-order valence-electron chi connectivity index (χ1n) is 7.73. The number of fused-ring (bicyclic) bond motifs is 1.